The van der Waals surface area contributed by atoms with E-state index in [0.29, 0.717) is 23.9 Å². The summed E-state index contributed by atoms with van der Waals surface area (Å²) in [5, 5.41) is 6.04. The molecule has 2 N–H and O–H groups in total. The van der Waals surface area contributed by atoms with Gasteiger partial charge >= 0.3 is 0 Å². The summed E-state index contributed by atoms with van der Waals surface area (Å²) in [6, 6.07) is 2.12. The maximum Gasteiger partial charge on any atom is 0.254 e. The van der Waals surface area contributed by atoms with E-state index < -0.39 is 0 Å². The first-order valence-electron chi connectivity index (χ1n) is 5.17. The first-order valence-corrected chi connectivity index (χ1v) is 5.17. The van der Waals surface area contributed by atoms with Crippen LogP contribution in [0.1, 0.15) is 30.0 Å². The molecule has 0 saturated carbocycles. The van der Waals surface area contributed by atoms with Gasteiger partial charge < -0.3 is 15.1 Å². The summed E-state index contributed by atoms with van der Waals surface area (Å²) in [6.07, 6.45) is 1.52. The average molecular weight is 210 g/mol. The van der Waals surface area contributed by atoms with Gasteiger partial charge in [0.15, 0.2) is 0 Å². The van der Waals surface area contributed by atoms with Crippen molar-refractivity contribution in [2.45, 2.75) is 26.8 Å². The molecule has 0 spiro atoms. The SMILES string of the molecule is Cc1occc1C(=O)NCCNC(C)C. The molecular formula is C11H18N2O2. The summed E-state index contributed by atoms with van der Waals surface area (Å²) in [6.45, 7) is 7.33. The molecule has 0 saturated heterocycles. The monoisotopic (exact) mass is 210 g/mol. The zero-order chi connectivity index (χ0) is 11.3. The van der Waals surface area contributed by atoms with Gasteiger partial charge in [-0.2, -0.15) is 0 Å². The van der Waals surface area contributed by atoms with Crippen molar-refractivity contribution in [1.82, 2.24) is 10.6 Å². The lowest BCUT2D eigenvalue weighted by Crippen LogP contribution is -2.34. The molecule has 4 heteroatoms. The van der Waals surface area contributed by atoms with Gasteiger partial charge in [0.25, 0.3) is 5.91 Å². The van der Waals surface area contributed by atoms with E-state index in [1.165, 1.54) is 6.26 Å². The summed E-state index contributed by atoms with van der Waals surface area (Å²) in [5.74, 6) is 0.580. The molecule has 0 radical (unpaired) electrons. The molecule has 1 aromatic heterocycles. The van der Waals surface area contributed by atoms with Crippen molar-refractivity contribution in [2.24, 2.45) is 0 Å². The molecule has 1 rings (SSSR count). The van der Waals surface area contributed by atoms with E-state index in [9.17, 15) is 4.79 Å². The number of carbonyl (C=O) groups excluding carboxylic acids is 1. The Morgan fingerprint density at radius 1 is 1.47 bits per heavy atom. The molecule has 4 nitrogen and oxygen atoms in total. The maximum absolute atomic E-state index is 11.6. The van der Waals surface area contributed by atoms with Gasteiger partial charge in [-0.15, -0.1) is 0 Å². The van der Waals surface area contributed by atoms with Crippen molar-refractivity contribution in [3.8, 4) is 0 Å². The van der Waals surface area contributed by atoms with E-state index in [-0.39, 0.29) is 5.91 Å². The Labute approximate surface area is 90.0 Å². The maximum atomic E-state index is 11.6. The van der Waals surface area contributed by atoms with Crippen LogP contribution in [0.5, 0.6) is 0 Å². The number of rotatable bonds is 5. The fourth-order valence-corrected chi connectivity index (χ4v) is 1.25. The molecule has 1 amide bonds. The fourth-order valence-electron chi connectivity index (χ4n) is 1.25. The minimum atomic E-state index is -0.0770. The lowest BCUT2D eigenvalue weighted by molar-refractivity contribution is 0.0952. The molecule has 0 aliphatic heterocycles. The number of aryl methyl sites for hydroxylation is 1. The highest BCUT2D eigenvalue weighted by Crippen LogP contribution is 2.07. The van der Waals surface area contributed by atoms with Gasteiger partial charge in [0.05, 0.1) is 11.8 Å². The zero-order valence-electron chi connectivity index (χ0n) is 9.46. The van der Waals surface area contributed by atoms with Crippen LogP contribution >= 0.6 is 0 Å². The zero-order valence-corrected chi connectivity index (χ0v) is 9.46. The molecular weight excluding hydrogens is 192 g/mol. The van der Waals surface area contributed by atoms with Crippen LogP contribution in [0, 0.1) is 6.92 Å². The van der Waals surface area contributed by atoms with Crippen LogP contribution in [-0.4, -0.2) is 25.0 Å². The van der Waals surface area contributed by atoms with Crippen molar-refractivity contribution in [3.05, 3.63) is 23.7 Å². The third-order valence-corrected chi connectivity index (χ3v) is 2.07. The number of hydrogen-bond donors (Lipinski definition) is 2. The van der Waals surface area contributed by atoms with E-state index in [2.05, 4.69) is 24.5 Å². The highest BCUT2D eigenvalue weighted by Gasteiger charge is 2.09. The molecule has 0 bridgehead atoms. The molecule has 0 fully saturated rings. The Hall–Kier alpha value is -1.29. The van der Waals surface area contributed by atoms with Gasteiger partial charge in [-0.1, -0.05) is 13.8 Å². The van der Waals surface area contributed by atoms with E-state index >= 15 is 0 Å². The predicted molar refractivity (Wildman–Crippen MR) is 58.9 cm³/mol. The summed E-state index contributed by atoms with van der Waals surface area (Å²) in [5.41, 5.74) is 0.611. The van der Waals surface area contributed by atoms with Gasteiger partial charge in [0.2, 0.25) is 0 Å². The van der Waals surface area contributed by atoms with Crippen LogP contribution < -0.4 is 10.6 Å². The lowest BCUT2D eigenvalue weighted by atomic mass is 10.2. The molecule has 84 valence electrons. The number of furan rings is 1. The van der Waals surface area contributed by atoms with Gasteiger partial charge in [0, 0.05) is 19.1 Å². The molecule has 15 heavy (non-hydrogen) atoms. The quantitative estimate of drug-likeness (QED) is 0.721. The number of nitrogens with one attached hydrogen (secondary N) is 2. The molecule has 0 aliphatic rings. The van der Waals surface area contributed by atoms with E-state index in [4.69, 9.17) is 4.42 Å². The molecule has 0 aromatic carbocycles. The van der Waals surface area contributed by atoms with Crippen LogP contribution in [0.25, 0.3) is 0 Å². The highest BCUT2D eigenvalue weighted by atomic mass is 16.3. The Bertz CT molecular complexity index is 318. The molecule has 0 atom stereocenters. The average Bonchev–Trinajstić information content (AvgIpc) is 2.58. The third kappa shape index (κ3) is 3.75. The van der Waals surface area contributed by atoms with E-state index in [1.54, 1.807) is 13.0 Å². The van der Waals surface area contributed by atoms with Crippen molar-refractivity contribution in [2.75, 3.05) is 13.1 Å². The number of carbonyl (C=O) groups is 1. The van der Waals surface area contributed by atoms with Crippen LogP contribution in [0.15, 0.2) is 16.7 Å². The smallest absolute Gasteiger partial charge is 0.254 e. The van der Waals surface area contributed by atoms with Gasteiger partial charge in [-0.05, 0) is 13.0 Å². The summed E-state index contributed by atoms with van der Waals surface area (Å²) < 4.78 is 5.05. The summed E-state index contributed by atoms with van der Waals surface area (Å²) in [4.78, 5) is 11.6. The second kappa shape index (κ2) is 5.56. The van der Waals surface area contributed by atoms with Crippen molar-refractivity contribution in [1.29, 1.82) is 0 Å². The third-order valence-electron chi connectivity index (χ3n) is 2.07. The Morgan fingerprint density at radius 3 is 2.73 bits per heavy atom. The lowest BCUT2D eigenvalue weighted by Gasteiger charge is -2.08. The van der Waals surface area contributed by atoms with Crippen LogP contribution in [0.3, 0.4) is 0 Å². The first kappa shape index (κ1) is 11.8. The molecule has 0 unspecified atom stereocenters. The standard InChI is InChI=1S/C11H18N2O2/c1-8(2)12-5-6-13-11(14)10-4-7-15-9(10)3/h4,7-8,12H,5-6H2,1-3H3,(H,13,14). The van der Waals surface area contributed by atoms with Crippen LogP contribution in [0.4, 0.5) is 0 Å². The van der Waals surface area contributed by atoms with Crippen molar-refractivity contribution >= 4 is 5.91 Å². The Balaban J connectivity index is 2.28. The molecule has 0 aliphatic carbocycles. The van der Waals surface area contributed by atoms with Gasteiger partial charge in [-0.25, -0.2) is 0 Å². The van der Waals surface area contributed by atoms with E-state index in [1.807, 2.05) is 0 Å². The second-order valence-electron chi connectivity index (χ2n) is 3.76. The van der Waals surface area contributed by atoms with Crippen LogP contribution in [-0.2, 0) is 0 Å². The largest absolute Gasteiger partial charge is 0.469 e. The van der Waals surface area contributed by atoms with Gasteiger partial charge in [-0.3, -0.25) is 4.79 Å². The predicted octanol–water partition coefficient (Wildman–Crippen LogP) is 1.32. The van der Waals surface area contributed by atoms with Gasteiger partial charge in [0.1, 0.15) is 5.76 Å². The Kier molecular flexibility index (Phi) is 4.37. The van der Waals surface area contributed by atoms with Crippen LogP contribution in [0.2, 0.25) is 0 Å². The van der Waals surface area contributed by atoms with Crippen molar-refractivity contribution < 1.29 is 9.21 Å². The minimum Gasteiger partial charge on any atom is -0.469 e. The minimum absolute atomic E-state index is 0.0770. The molecule has 1 aromatic rings. The highest BCUT2D eigenvalue weighted by molar-refractivity contribution is 5.94. The number of hydrogen-bond acceptors (Lipinski definition) is 3. The molecule has 1 heterocycles. The summed E-state index contributed by atoms with van der Waals surface area (Å²) in [7, 11) is 0. The Morgan fingerprint density at radius 2 is 2.20 bits per heavy atom. The topological polar surface area (TPSA) is 54.3 Å². The fraction of sp³-hybridized carbons (Fsp3) is 0.545. The second-order valence-corrected chi connectivity index (χ2v) is 3.76. The number of amides is 1. The summed E-state index contributed by atoms with van der Waals surface area (Å²) >= 11 is 0. The van der Waals surface area contributed by atoms with Crippen molar-refractivity contribution in [3.63, 3.8) is 0 Å². The first-order chi connectivity index (χ1) is 7.11. The normalized spacial score (nSPS) is 10.7. The van der Waals surface area contributed by atoms with E-state index in [0.717, 1.165) is 6.54 Å².